The van der Waals surface area contributed by atoms with Crippen LogP contribution < -0.4 is 20.1 Å². The highest BCUT2D eigenvalue weighted by atomic mass is 35.5. The zero-order chi connectivity index (χ0) is 23.5. The van der Waals surface area contributed by atoms with E-state index < -0.39 is 5.92 Å². The number of carbonyl (C=O) groups excluding carboxylic acids is 2. The van der Waals surface area contributed by atoms with E-state index >= 15 is 0 Å². The van der Waals surface area contributed by atoms with E-state index in [-0.39, 0.29) is 29.6 Å². The van der Waals surface area contributed by atoms with Gasteiger partial charge in [0.15, 0.2) is 17.3 Å². The van der Waals surface area contributed by atoms with Crippen LogP contribution in [0.25, 0.3) is 10.9 Å². The quantitative estimate of drug-likeness (QED) is 0.397. The number of ketones is 1. The second kappa shape index (κ2) is 11.7. The molecule has 11 heteroatoms. The SMILES string of the molecule is COc1cc2nc(N3CCN(C(=O)C(C)C(=O)c4ccccc4)CC3)nc(N)c2cc1OC.Cl.O. The summed E-state index contributed by atoms with van der Waals surface area (Å²) in [6, 6.07) is 12.4. The van der Waals surface area contributed by atoms with E-state index in [1.165, 1.54) is 0 Å². The number of hydrogen-bond donors (Lipinski definition) is 1. The van der Waals surface area contributed by atoms with E-state index in [1.807, 2.05) is 11.0 Å². The number of ether oxygens (including phenoxy) is 2. The lowest BCUT2D eigenvalue weighted by atomic mass is 9.98. The molecule has 188 valence electrons. The van der Waals surface area contributed by atoms with Crippen LogP contribution in [0, 0.1) is 5.92 Å². The average molecular weight is 504 g/mol. The summed E-state index contributed by atoms with van der Waals surface area (Å²) in [5.41, 5.74) is 7.40. The van der Waals surface area contributed by atoms with Crippen LogP contribution in [0.5, 0.6) is 11.5 Å². The maximum Gasteiger partial charge on any atom is 0.233 e. The third-order valence-electron chi connectivity index (χ3n) is 5.91. The molecule has 1 aromatic heterocycles. The summed E-state index contributed by atoms with van der Waals surface area (Å²) in [6.07, 6.45) is 0. The van der Waals surface area contributed by atoms with Crippen LogP contribution in [0.15, 0.2) is 42.5 Å². The van der Waals surface area contributed by atoms with Crippen LogP contribution in [0.3, 0.4) is 0 Å². The first-order chi connectivity index (χ1) is 15.9. The average Bonchev–Trinajstić information content (AvgIpc) is 2.87. The number of fused-ring (bicyclic) bond motifs is 1. The second-order valence-corrected chi connectivity index (χ2v) is 7.90. The molecular weight excluding hydrogens is 474 g/mol. The Bertz CT molecular complexity index is 1190. The molecule has 1 unspecified atom stereocenters. The lowest BCUT2D eigenvalue weighted by Gasteiger charge is -2.35. The number of halogens is 1. The Morgan fingerprint density at radius 3 is 2.17 bits per heavy atom. The fourth-order valence-electron chi connectivity index (χ4n) is 3.97. The first-order valence-corrected chi connectivity index (χ1v) is 10.7. The van der Waals surface area contributed by atoms with Gasteiger partial charge in [0.1, 0.15) is 5.82 Å². The molecule has 4 N–H and O–H groups in total. The summed E-state index contributed by atoms with van der Waals surface area (Å²) in [7, 11) is 3.12. The zero-order valence-electron chi connectivity index (χ0n) is 19.9. The van der Waals surface area contributed by atoms with Gasteiger partial charge < -0.3 is 30.5 Å². The molecule has 0 aliphatic carbocycles. The van der Waals surface area contributed by atoms with Crippen molar-refractivity contribution in [1.29, 1.82) is 0 Å². The van der Waals surface area contributed by atoms with Crippen LogP contribution in [0.1, 0.15) is 17.3 Å². The molecule has 3 aromatic rings. The molecule has 1 saturated heterocycles. The van der Waals surface area contributed by atoms with E-state index in [4.69, 9.17) is 15.2 Å². The van der Waals surface area contributed by atoms with Gasteiger partial charge in [0, 0.05) is 43.2 Å². The van der Waals surface area contributed by atoms with Crippen molar-refractivity contribution < 1.29 is 24.5 Å². The molecule has 0 radical (unpaired) electrons. The van der Waals surface area contributed by atoms with Crippen molar-refractivity contribution in [3.8, 4) is 11.5 Å². The topological polar surface area (TPSA) is 142 Å². The van der Waals surface area contributed by atoms with Gasteiger partial charge in [0.25, 0.3) is 0 Å². The van der Waals surface area contributed by atoms with Crippen molar-refractivity contribution in [2.24, 2.45) is 5.92 Å². The third-order valence-corrected chi connectivity index (χ3v) is 5.91. The normalized spacial score (nSPS) is 13.9. The van der Waals surface area contributed by atoms with Gasteiger partial charge in [0.05, 0.1) is 25.7 Å². The van der Waals surface area contributed by atoms with Crippen molar-refractivity contribution in [2.75, 3.05) is 51.0 Å². The maximum absolute atomic E-state index is 12.9. The monoisotopic (exact) mass is 503 g/mol. The Morgan fingerprint density at radius 2 is 1.57 bits per heavy atom. The maximum atomic E-state index is 12.9. The number of rotatable bonds is 6. The molecule has 0 spiro atoms. The Kier molecular flexibility index (Phi) is 9.21. The van der Waals surface area contributed by atoms with Crippen molar-refractivity contribution in [3.05, 3.63) is 48.0 Å². The summed E-state index contributed by atoms with van der Waals surface area (Å²) in [6.45, 7) is 3.68. The van der Waals surface area contributed by atoms with Gasteiger partial charge in [-0.25, -0.2) is 4.98 Å². The van der Waals surface area contributed by atoms with Gasteiger partial charge in [-0.2, -0.15) is 4.98 Å². The second-order valence-electron chi connectivity index (χ2n) is 7.90. The molecule has 1 fully saturated rings. The first-order valence-electron chi connectivity index (χ1n) is 10.7. The number of methoxy groups -OCH3 is 2. The number of carbonyl (C=O) groups is 2. The molecule has 10 nitrogen and oxygen atoms in total. The molecule has 1 atom stereocenters. The number of benzene rings is 2. The van der Waals surface area contributed by atoms with Crippen molar-refractivity contribution >= 4 is 46.8 Å². The number of nitrogens with two attached hydrogens (primary N) is 1. The summed E-state index contributed by atoms with van der Waals surface area (Å²) in [5, 5.41) is 0.679. The molecule has 2 heterocycles. The summed E-state index contributed by atoms with van der Waals surface area (Å²) < 4.78 is 10.7. The summed E-state index contributed by atoms with van der Waals surface area (Å²) in [5.74, 6) is 0.886. The number of nitrogens with zero attached hydrogens (tertiary/aromatic N) is 4. The van der Waals surface area contributed by atoms with E-state index in [0.717, 1.165) is 0 Å². The summed E-state index contributed by atoms with van der Waals surface area (Å²) in [4.78, 5) is 38.4. The number of aromatic nitrogens is 2. The molecule has 0 saturated carbocycles. The molecule has 2 aromatic carbocycles. The molecule has 1 amide bonds. The van der Waals surface area contributed by atoms with Gasteiger partial charge in [0.2, 0.25) is 11.9 Å². The smallest absolute Gasteiger partial charge is 0.233 e. The predicted octanol–water partition coefficient (Wildman–Crippen LogP) is 1.99. The molecular formula is C24H30ClN5O5. The lowest BCUT2D eigenvalue weighted by molar-refractivity contribution is -0.133. The van der Waals surface area contributed by atoms with Gasteiger partial charge >= 0.3 is 0 Å². The molecule has 0 bridgehead atoms. The Labute approximate surface area is 209 Å². The van der Waals surface area contributed by atoms with Crippen molar-refractivity contribution in [1.82, 2.24) is 14.9 Å². The highest BCUT2D eigenvalue weighted by molar-refractivity contribution is 6.09. The molecule has 1 aliphatic rings. The largest absolute Gasteiger partial charge is 0.493 e. The van der Waals surface area contributed by atoms with Gasteiger partial charge in [-0.1, -0.05) is 30.3 Å². The number of Topliss-reactive ketones (excluding diaryl/α,β-unsaturated/α-hetero) is 1. The number of hydrogen-bond acceptors (Lipinski definition) is 8. The Balaban J connectivity index is 0.00000216. The van der Waals surface area contributed by atoms with Crippen LogP contribution in [0.2, 0.25) is 0 Å². The minimum absolute atomic E-state index is 0. The predicted molar refractivity (Wildman–Crippen MR) is 137 cm³/mol. The number of nitrogen functional groups attached to an aromatic ring is 1. The number of anilines is 2. The molecule has 1 aliphatic heterocycles. The van der Waals surface area contributed by atoms with Crippen LogP contribution >= 0.6 is 12.4 Å². The highest BCUT2D eigenvalue weighted by Gasteiger charge is 2.30. The molecule has 4 rings (SSSR count). The molecule has 35 heavy (non-hydrogen) atoms. The van der Waals surface area contributed by atoms with E-state index in [1.54, 1.807) is 62.4 Å². The number of amides is 1. The van der Waals surface area contributed by atoms with Crippen LogP contribution in [-0.4, -0.2) is 72.4 Å². The fraction of sp³-hybridized carbons (Fsp3) is 0.333. The minimum atomic E-state index is -0.728. The lowest BCUT2D eigenvalue weighted by Crippen LogP contribution is -2.51. The van der Waals surface area contributed by atoms with Crippen molar-refractivity contribution in [3.63, 3.8) is 0 Å². The van der Waals surface area contributed by atoms with Crippen LogP contribution in [0.4, 0.5) is 11.8 Å². The Hall–Kier alpha value is -3.63. The van der Waals surface area contributed by atoms with Crippen LogP contribution in [-0.2, 0) is 4.79 Å². The van der Waals surface area contributed by atoms with E-state index in [9.17, 15) is 9.59 Å². The van der Waals surface area contributed by atoms with Gasteiger partial charge in [-0.3, -0.25) is 9.59 Å². The summed E-state index contributed by atoms with van der Waals surface area (Å²) >= 11 is 0. The van der Waals surface area contributed by atoms with E-state index in [0.29, 0.717) is 65.9 Å². The zero-order valence-corrected chi connectivity index (χ0v) is 20.7. The third kappa shape index (κ3) is 5.55. The van der Waals surface area contributed by atoms with Gasteiger partial charge in [-0.15, -0.1) is 12.4 Å². The first kappa shape index (κ1) is 27.6. The number of piperazine rings is 1. The fourth-order valence-corrected chi connectivity index (χ4v) is 3.97. The van der Waals surface area contributed by atoms with Gasteiger partial charge in [-0.05, 0) is 13.0 Å². The Morgan fingerprint density at radius 1 is 0.971 bits per heavy atom. The minimum Gasteiger partial charge on any atom is -0.493 e. The van der Waals surface area contributed by atoms with Crippen molar-refractivity contribution in [2.45, 2.75) is 6.92 Å². The standard InChI is InChI=1S/C24H27N5O4.ClH.H2O/c1-15(21(30)16-7-5-4-6-8-16)23(31)28-9-11-29(12-10-28)24-26-18-14-20(33-3)19(32-2)13-17(18)22(25)27-24;;/h4-8,13-15H,9-12H2,1-3H3,(H2,25,26,27);1H;1H2. The van der Waals surface area contributed by atoms with E-state index in [2.05, 4.69) is 9.97 Å². The highest BCUT2D eigenvalue weighted by Crippen LogP contribution is 2.34.